The van der Waals surface area contributed by atoms with E-state index in [1.807, 2.05) is 25.1 Å². The van der Waals surface area contributed by atoms with Gasteiger partial charge < -0.3 is 24.0 Å². The van der Waals surface area contributed by atoms with Crippen LogP contribution in [0.25, 0.3) is 0 Å². The summed E-state index contributed by atoms with van der Waals surface area (Å²) in [4.78, 5) is 31.0. The highest BCUT2D eigenvalue weighted by Gasteiger charge is 2.42. The van der Waals surface area contributed by atoms with Crippen LogP contribution in [0.5, 0.6) is 5.75 Å². The van der Waals surface area contributed by atoms with E-state index in [1.54, 1.807) is 20.3 Å². The largest absolute Gasteiger partial charge is 0.490 e. The fraction of sp³-hybridized carbons (Fsp3) is 0.622. The van der Waals surface area contributed by atoms with E-state index in [4.69, 9.17) is 25.8 Å². The second-order valence-corrected chi connectivity index (χ2v) is 17.2. The Hall–Kier alpha value is -2.86. The summed E-state index contributed by atoms with van der Waals surface area (Å²) in [5.74, 6) is 0.622. The van der Waals surface area contributed by atoms with Crippen LogP contribution in [0.2, 0.25) is 5.02 Å². The molecule has 0 saturated carbocycles. The zero-order chi connectivity index (χ0) is 34.9. The normalized spacial score (nSPS) is 31.2. The molecule has 6 rings (SSSR count). The number of methoxy groups -OCH3 is 2. The third kappa shape index (κ3) is 7.75. The summed E-state index contributed by atoms with van der Waals surface area (Å²) in [6.07, 6.45) is 5.45. The quantitative estimate of drug-likeness (QED) is 0.388. The highest BCUT2D eigenvalue weighted by molar-refractivity contribution is 7.92. The van der Waals surface area contributed by atoms with Gasteiger partial charge in [0.25, 0.3) is 5.91 Å². The number of nitrogens with zero attached hydrogens (tertiary/aromatic N) is 3. The van der Waals surface area contributed by atoms with Crippen molar-refractivity contribution in [2.24, 2.45) is 22.1 Å². The number of anilines is 1. The van der Waals surface area contributed by atoms with Gasteiger partial charge in [-0.05, 0) is 91.3 Å². The van der Waals surface area contributed by atoms with Crippen molar-refractivity contribution in [2.75, 3.05) is 57.7 Å². The van der Waals surface area contributed by atoms with Crippen molar-refractivity contribution in [3.63, 3.8) is 0 Å². The van der Waals surface area contributed by atoms with Gasteiger partial charge in [0.05, 0.1) is 43.3 Å². The lowest BCUT2D eigenvalue weighted by atomic mass is 9.70. The molecule has 0 radical (unpaired) electrons. The van der Waals surface area contributed by atoms with E-state index >= 15 is 0 Å². The van der Waals surface area contributed by atoms with Gasteiger partial charge in [0, 0.05) is 43.3 Å². The van der Waals surface area contributed by atoms with Gasteiger partial charge in [0.15, 0.2) is 0 Å². The Kier molecular flexibility index (Phi) is 10.8. The van der Waals surface area contributed by atoms with E-state index in [9.17, 15) is 13.8 Å². The van der Waals surface area contributed by atoms with Crippen molar-refractivity contribution in [3.05, 3.63) is 58.1 Å². The van der Waals surface area contributed by atoms with E-state index in [1.165, 1.54) is 16.0 Å². The maximum absolute atomic E-state index is 14.4. The van der Waals surface area contributed by atoms with Gasteiger partial charge in [-0.25, -0.2) is 9.00 Å². The Morgan fingerprint density at radius 2 is 1.86 bits per heavy atom. The van der Waals surface area contributed by atoms with Crippen molar-refractivity contribution >= 4 is 39.1 Å². The van der Waals surface area contributed by atoms with Crippen LogP contribution < -0.4 is 14.4 Å². The van der Waals surface area contributed by atoms with Crippen LogP contribution >= 0.6 is 11.6 Å². The minimum absolute atomic E-state index is 0.0473. The summed E-state index contributed by atoms with van der Waals surface area (Å²) in [6, 6.07) is 11.1. The molecule has 49 heavy (non-hydrogen) atoms. The number of benzene rings is 2. The van der Waals surface area contributed by atoms with Crippen molar-refractivity contribution in [1.82, 2.24) is 9.62 Å². The highest BCUT2D eigenvalue weighted by Crippen LogP contribution is 2.45. The molecule has 1 saturated heterocycles. The summed E-state index contributed by atoms with van der Waals surface area (Å²) in [7, 11) is -0.0567. The Morgan fingerprint density at radius 1 is 1.06 bits per heavy atom. The standard InChI is InChI=1S/C37H51ClN4O6S/c1-24-8-6-10-33(47-5)26(3)25(2)18-42-22-37(15-7-9-27-16-29(38)12-13-31(27)37)23-48-34-14-11-28(17-32(34)42)35(43)39-49(45,21-24)40-36(44)41-19-30(20-41)46-4/h11-14,16-17,24-26,30,33H,6-10,15,18-23H2,1-5H3,(H,39,40,43,44,45)/t24-,25-,26+,33-,37-,49?/m0/s1. The first-order valence-electron chi connectivity index (χ1n) is 17.6. The van der Waals surface area contributed by atoms with Gasteiger partial charge in [-0.1, -0.05) is 44.9 Å². The number of halogens is 1. The molecule has 1 N–H and O–H groups in total. The smallest absolute Gasteiger partial charge is 0.330 e. The number of urea groups is 1. The number of ether oxygens (including phenoxy) is 3. The van der Waals surface area contributed by atoms with Crippen LogP contribution in [0.3, 0.4) is 0 Å². The minimum Gasteiger partial charge on any atom is -0.490 e. The number of amides is 3. The average molecular weight is 715 g/mol. The third-order valence-electron chi connectivity index (χ3n) is 11.2. The lowest BCUT2D eigenvalue weighted by Gasteiger charge is -2.42. The first-order valence-corrected chi connectivity index (χ1v) is 19.7. The lowest BCUT2D eigenvalue weighted by Crippen LogP contribution is -2.58. The number of hydrogen-bond acceptors (Lipinski definition) is 7. The molecule has 268 valence electrons. The molecular formula is C37H51ClN4O6S. The number of carbonyl (C=O) groups is 2. The van der Waals surface area contributed by atoms with Gasteiger partial charge in [-0.2, -0.15) is 0 Å². The monoisotopic (exact) mass is 714 g/mol. The second-order valence-electron chi connectivity index (χ2n) is 14.8. The number of likely N-dealkylation sites (tertiary alicyclic amines) is 1. The summed E-state index contributed by atoms with van der Waals surface area (Å²) < 4.78 is 39.4. The molecule has 1 spiro atoms. The fourth-order valence-electron chi connectivity index (χ4n) is 8.10. The summed E-state index contributed by atoms with van der Waals surface area (Å²) in [5.41, 5.74) is 3.39. The van der Waals surface area contributed by atoms with E-state index in [0.29, 0.717) is 37.6 Å². The molecule has 1 aliphatic carbocycles. The Balaban J connectivity index is 1.40. The topological polar surface area (TPSA) is 110 Å². The van der Waals surface area contributed by atoms with Gasteiger partial charge in [0.2, 0.25) is 0 Å². The van der Waals surface area contributed by atoms with Crippen molar-refractivity contribution < 1.29 is 28.0 Å². The molecule has 2 aromatic carbocycles. The molecule has 3 amide bonds. The Bertz CT molecular complexity index is 1670. The maximum Gasteiger partial charge on any atom is 0.330 e. The molecule has 0 aromatic heterocycles. The molecule has 3 heterocycles. The number of carbonyl (C=O) groups excluding carboxylic acids is 2. The molecule has 6 atom stereocenters. The Morgan fingerprint density at radius 3 is 2.61 bits per heavy atom. The summed E-state index contributed by atoms with van der Waals surface area (Å²) >= 11 is 6.45. The maximum atomic E-state index is 14.4. The zero-order valence-electron chi connectivity index (χ0n) is 29.4. The summed E-state index contributed by atoms with van der Waals surface area (Å²) in [6.45, 7) is 9.29. The van der Waals surface area contributed by atoms with Gasteiger partial charge in [-0.15, -0.1) is 4.36 Å². The molecule has 1 fully saturated rings. The number of nitrogens with one attached hydrogen (secondary N) is 1. The molecular weight excluding hydrogens is 664 g/mol. The van der Waals surface area contributed by atoms with E-state index < -0.39 is 21.9 Å². The Labute approximate surface area is 296 Å². The molecule has 2 bridgehead atoms. The predicted octanol–water partition coefficient (Wildman–Crippen LogP) is 6.48. The number of aryl methyl sites for hydroxylation is 1. The molecule has 3 aliphatic heterocycles. The molecule has 2 aromatic rings. The van der Waals surface area contributed by atoms with Crippen molar-refractivity contribution in [3.8, 4) is 5.75 Å². The predicted molar refractivity (Wildman–Crippen MR) is 193 cm³/mol. The second kappa shape index (κ2) is 14.8. The third-order valence-corrected chi connectivity index (χ3v) is 13.4. The van der Waals surface area contributed by atoms with Crippen LogP contribution in [0.1, 0.15) is 74.4 Å². The average Bonchev–Trinajstić information content (AvgIpc) is 3.18. The van der Waals surface area contributed by atoms with Gasteiger partial charge >= 0.3 is 6.03 Å². The van der Waals surface area contributed by atoms with Crippen LogP contribution in [-0.4, -0.2) is 86.0 Å². The molecule has 10 nitrogen and oxygen atoms in total. The molecule has 4 aliphatic rings. The van der Waals surface area contributed by atoms with Crippen molar-refractivity contribution in [2.45, 2.75) is 76.9 Å². The van der Waals surface area contributed by atoms with Crippen LogP contribution in [0.15, 0.2) is 40.8 Å². The van der Waals surface area contributed by atoms with Gasteiger partial charge in [-0.3, -0.25) is 9.52 Å². The first kappa shape index (κ1) is 35.9. The molecule has 1 unspecified atom stereocenters. The fourth-order valence-corrected chi connectivity index (χ4v) is 10.2. The molecule has 12 heteroatoms. The lowest BCUT2D eigenvalue weighted by molar-refractivity contribution is -0.00645. The van der Waals surface area contributed by atoms with E-state index in [2.05, 4.69) is 40.0 Å². The van der Waals surface area contributed by atoms with Crippen LogP contribution in [0, 0.1) is 17.8 Å². The number of fused-ring (bicyclic) bond motifs is 3. The van der Waals surface area contributed by atoms with Crippen molar-refractivity contribution in [1.29, 1.82) is 0 Å². The summed E-state index contributed by atoms with van der Waals surface area (Å²) in [5, 5.41) is 0.741. The number of hydrogen-bond donors (Lipinski definition) is 1. The van der Waals surface area contributed by atoms with Gasteiger partial charge in [0.1, 0.15) is 15.7 Å². The first-order chi connectivity index (χ1) is 23.4. The van der Waals surface area contributed by atoms with Crippen LogP contribution in [0.4, 0.5) is 10.5 Å². The van der Waals surface area contributed by atoms with E-state index in [0.717, 1.165) is 55.8 Å². The minimum atomic E-state index is -3.44. The number of rotatable bonds is 3. The van der Waals surface area contributed by atoms with Crippen LogP contribution in [-0.2, 0) is 31.2 Å². The highest BCUT2D eigenvalue weighted by atomic mass is 35.5. The SMILES string of the molecule is COC1CN(C(=O)NS2(=O)=NC(=O)c3ccc4c(c3)N(C[C@H](C)[C@@H](C)[C@@H](OC)CCC[C@H](C)C2)C[C@@]2(CCCc3cc(Cl)ccc32)CO4)C1. The zero-order valence-corrected chi connectivity index (χ0v) is 31.0. The van der Waals surface area contributed by atoms with E-state index in [-0.39, 0.29) is 41.1 Å².